The van der Waals surface area contributed by atoms with Crippen LogP contribution in [0.5, 0.6) is 0 Å². The van der Waals surface area contributed by atoms with Gasteiger partial charge in [-0.1, -0.05) is 24.3 Å². The summed E-state index contributed by atoms with van der Waals surface area (Å²) in [5.74, 6) is 0.309. The van der Waals surface area contributed by atoms with Gasteiger partial charge in [-0.15, -0.1) is 11.3 Å². The third-order valence-corrected chi connectivity index (χ3v) is 8.60. The van der Waals surface area contributed by atoms with Gasteiger partial charge < -0.3 is 10.2 Å². The van der Waals surface area contributed by atoms with Gasteiger partial charge in [0.2, 0.25) is 5.91 Å². The molecule has 1 aromatic heterocycles. The summed E-state index contributed by atoms with van der Waals surface area (Å²) in [6, 6.07) is 13.6. The van der Waals surface area contributed by atoms with Gasteiger partial charge in [-0.25, -0.2) is 8.42 Å². The monoisotopic (exact) mass is 435 g/mol. The highest BCUT2D eigenvalue weighted by molar-refractivity contribution is 7.91. The van der Waals surface area contributed by atoms with Crippen molar-refractivity contribution < 1.29 is 13.2 Å². The molecule has 1 fully saturated rings. The molecule has 2 heterocycles. The number of nitrogens with one attached hydrogen (secondary N) is 1. The van der Waals surface area contributed by atoms with Gasteiger partial charge >= 0.3 is 0 Å². The Bertz CT molecular complexity index is 862. The van der Waals surface area contributed by atoms with E-state index in [9.17, 15) is 13.2 Å². The van der Waals surface area contributed by atoms with Crippen LogP contribution in [0, 0.1) is 5.92 Å². The number of anilines is 1. The number of para-hydroxylation sites is 1. The molecule has 1 aliphatic rings. The van der Waals surface area contributed by atoms with E-state index >= 15 is 0 Å². The second-order valence-corrected chi connectivity index (χ2v) is 10.6. The molecule has 158 valence electrons. The third kappa shape index (κ3) is 6.04. The lowest BCUT2D eigenvalue weighted by molar-refractivity contribution is -0.122. The van der Waals surface area contributed by atoms with E-state index in [-0.39, 0.29) is 11.8 Å². The van der Waals surface area contributed by atoms with E-state index < -0.39 is 10.0 Å². The fourth-order valence-electron chi connectivity index (χ4n) is 3.58. The van der Waals surface area contributed by atoms with Crippen LogP contribution in [0.25, 0.3) is 0 Å². The van der Waals surface area contributed by atoms with Crippen molar-refractivity contribution in [2.24, 2.45) is 5.92 Å². The van der Waals surface area contributed by atoms with Crippen LogP contribution in [-0.2, 0) is 14.8 Å². The Kier molecular flexibility index (Phi) is 7.69. The molecule has 8 heteroatoms. The maximum absolute atomic E-state index is 12.6. The summed E-state index contributed by atoms with van der Waals surface area (Å²) in [5, 5.41) is 4.78. The molecular weight excluding hydrogens is 406 g/mol. The normalized spacial score (nSPS) is 15.9. The highest BCUT2D eigenvalue weighted by atomic mass is 32.2. The van der Waals surface area contributed by atoms with Gasteiger partial charge in [-0.05, 0) is 48.8 Å². The van der Waals surface area contributed by atoms with E-state index in [0.29, 0.717) is 30.3 Å². The number of piperidine rings is 1. The van der Waals surface area contributed by atoms with Gasteiger partial charge in [0.25, 0.3) is 10.0 Å². The molecule has 29 heavy (non-hydrogen) atoms. The summed E-state index contributed by atoms with van der Waals surface area (Å²) in [5.41, 5.74) is 1.17. The van der Waals surface area contributed by atoms with Gasteiger partial charge in [0.05, 0.1) is 0 Å². The second kappa shape index (κ2) is 10.2. The lowest BCUT2D eigenvalue weighted by atomic mass is 9.94. The van der Waals surface area contributed by atoms with Crippen molar-refractivity contribution in [2.75, 3.05) is 38.1 Å². The van der Waals surface area contributed by atoms with Crippen LogP contribution >= 0.6 is 11.3 Å². The molecule has 0 unspecified atom stereocenters. The minimum atomic E-state index is -3.37. The topological polar surface area (TPSA) is 69.7 Å². The number of rotatable bonds is 9. The number of benzene rings is 1. The molecule has 1 aromatic carbocycles. The summed E-state index contributed by atoms with van der Waals surface area (Å²) in [6.45, 7) is 2.50. The lowest BCUT2D eigenvalue weighted by Crippen LogP contribution is -2.39. The van der Waals surface area contributed by atoms with Crippen molar-refractivity contribution in [2.45, 2.75) is 29.9 Å². The lowest BCUT2D eigenvalue weighted by Gasteiger charge is -2.30. The molecule has 1 amide bonds. The molecule has 0 bridgehead atoms. The standard InChI is InChI=1S/C21H29N3O3S2/c1-23(19-7-3-2-4-8-19)13-6-12-22-20(25)17-18-10-14-24(15-11-18)29(26,27)21-9-5-16-28-21/h2-5,7-9,16,18H,6,10-15,17H2,1H3,(H,22,25). The molecular formula is C21H29N3O3S2. The SMILES string of the molecule is CN(CCCNC(=O)CC1CCN(S(=O)(=O)c2cccs2)CC1)c1ccccc1. The first-order valence-electron chi connectivity index (χ1n) is 10.0. The smallest absolute Gasteiger partial charge is 0.252 e. The predicted molar refractivity (Wildman–Crippen MR) is 118 cm³/mol. The summed E-state index contributed by atoms with van der Waals surface area (Å²) in [7, 11) is -1.32. The minimum absolute atomic E-state index is 0.0620. The van der Waals surface area contributed by atoms with Gasteiger partial charge in [0.15, 0.2) is 0 Å². The largest absolute Gasteiger partial charge is 0.375 e. The molecule has 3 rings (SSSR count). The Labute approximate surface area is 177 Å². The number of hydrogen-bond acceptors (Lipinski definition) is 5. The summed E-state index contributed by atoms with van der Waals surface area (Å²) >= 11 is 1.25. The zero-order valence-electron chi connectivity index (χ0n) is 16.8. The first-order chi connectivity index (χ1) is 14.0. The average molecular weight is 436 g/mol. The number of amides is 1. The van der Waals surface area contributed by atoms with Crippen molar-refractivity contribution in [1.82, 2.24) is 9.62 Å². The van der Waals surface area contributed by atoms with Gasteiger partial charge in [0.1, 0.15) is 4.21 Å². The molecule has 0 spiro atoms. The Morgan fingerprint density at radius 1 is 1.17 bits per heavy atom. The first-order valence-corrected chi connectivity index (χ1v) is 12.4. The van der Waals surface area contributed by atoms with Crippen LogP contribution < -0.4 is 10.2 Å². The van der Waals surface area contributed by atoms with Crippen molar-refractivity contribution in [3.05, 3.63) is 47.8 Å². The Balaban J connectivity index is 1.34. The zero-order chi connectivity index (χ0) is 20.7. The highest BCUT2D eigenvalue weighted by Gasteiger charge is 2.30. The minimum Gasteiger partial charge on any atom is -0.375 e. The molecule has 1 saturated heterocycles. The Hall–Kier alpha value is -1.90. The van der Waals surface area contributed by atoms with E-state index in [1.165, 1.54) is 17.0 Å². The summed E-state index contributed by atoms with van der Waals surface area (Å²) < 4.78 is 27.1. The molecule has 0 aliphatic carbocycles. The molecule has 0 saturated carbocycles. The molecule has 1 N–H and O–H groups in total. The Morgan fingerprint density at radius 3 is 2.55 bits per heavy atom. The number of thiophene rings is 1. The summed E-state index contributed by atoms with van der Waals surface area (Å²) in [4.78, 5) is 14.4. The Morgan fingerprint density at radius 2 is 1.90 bits per heavy atom. The van der Waals surface area contributed by atoms with Crippen LogP contribution in [0.1, 0.15) is 25.7 Å². The van der Waals surface area contributed by atoms with E-state index in [1.54, 1.807) is 21.8 Å². The van der Waals surface area contributed by atoms with Crippen molar-refractivity contribution in [3.63, 3.8) is 0 Å². The zero-order valence-corrected chi connectivity index (χ0v) is 18.4. The first kappa shape index (κ1) is 21.8. The molecule has 0 atom stereocenters. The molecule has 2 aromatic rings. The highest BCUT2D eigenvalue weighted by Crippen LogP contribution is 2.27. The van der Waals surface area contributed by atoms with E-state index in [1.807, 2.05) is 18.2 Å². The predicted octanol–water partition coefficient (Wildman–Crippen LogP) is 3.18. The molecule has 6 nitrogen and oxygen atoms in total. The number of sulfonamides is 1. The molecule has 1 aliphatic heterocycles. The van der Waals surface area contributed by atoms with Crippen LogP contribution in [0.4, 0.5) is 5.69 Å². The fraction of sp³-hybridized carbons (Fsp3) is 0.476. The van der Waals surface area contributed by atoms with Crippen LogP contribution in [-0.4, -0.2) is 51.9 Å². The van der Waals surface area contributed by atoms with Crippen molar-refractivity contribution in [1.29, 1.82) is 0 Å². The van der Waals surface area contributed by atoms with Crippen molar-refractivity contribution >= 4 is 33.0 Å². The van der Waals surface area contributed by atoms with Crippen LogP contribution in [0.2, 0.25) is 0 Å². The number of nitrogens with zero attached hydrogens (tertiary/aromatic N) is 2. The van der Waals surface area contributed by atoms with Gasteiger partial charge in [0, 0.05) is 45.3 Å². The maximum Gasteiger partial charge on any atom is 0.252 e. The van der Waals surface area contributed by atoms with Gasteiger partial charge in [-0.3, -0.25) is 4.79 Å². The third-order valence-electron chi connectivity index (χ3n) is 5.33. The maximum atomic E-state index is 12.6. The number of hydrogen-bond donors (Lipinski definition) is 1. The average Bonchev–Trinajstić information content (AvgIpc) is 3.28. The van der Waals surface area contributed by atoms with Gasteiger partial charge in [-0.2, -0.15) is 4.31 Å². The quantitative estimate of drug-likeness (QED) is 0.614. The van der Waals surface area contributed by atoms with E-state index in [4.69, 9.17) is 0 Å². The van der Waals surface area contributed by atoms with Crippen molar-refractivity contribution in [3.8, 4) is 0 Å². The second-order valence-electron chi connectivity index (χ2n) is 7.44. The van der Waals surface area contributed by atoms with Crippen LogP contribution in [0.15, 0.2) is 52.1 Å². The van der Waals surface area contributed by atoms with Crippen LogP contribution in [0.3, 0.4) is 0 Å². The molecule has 0 radical (unpaired) electrons. The van der Waals surface area contributed by atoms with E-state index in [0.717, 1.165) is 25.8 Å². The van der Waals surface area contributed by atoms with E-state index in [2.05, 4.69) is 29.4 Å². The summed E-state index contributed by atoms with van der Waals surface area (Å²) in [6.07, 6.45) is 2.82. The fourth-order valence-corrected chi connectivity index (χ4v) is 6.20. The number of carbonyl (C=O) groups is 1. The number of carbonyl (C=O) groups excluding carboxylic acids is 1.